The maximum Gasteiger partial charge on any atom is 0.246 e. The number of carbonyl (C=O) groups excluding carboxylic acids is 1. The molecule has 0 atom stereocenters. The fraction of sp³-hybridized carbons (Fsp3) is 0.346. The van der Waals surface area contributed by atoms with Gasteiger partial charge < -0.3 is 14.1 Å². The summed E-state index contributed by atoms with van der Waals surface area (Å²) in [6.07, 6.45) is 8.15. The van der Waals surface area contributed by atoms with Gasteiger partial charge in [0.2, 0.25) is 5.91 Å². The molecule has 1 amide bonds. The van der Waals surface area contributed by atoms with Crippen molar-refractivity contribution in [2.24, 2.45) is 0 Å². The second-order valence-corrected chi connectivity index (χ2v) is 7.86. The van der Waals surface area contributed by atoms with Gasteiger partial charge in [0.1, 0.15) is 11.3 Å². The molecule has 2 heterocycles. The number of hydrogen-bond donors (Lipinski definition) is 0. The predicted molar refractivity (Wildman–Crippen MR) is 122 cm³/mol. The van der Waals surface area contributed by atoms with Crippen LogP contribution in [-0.2, 0) is 4.79 Å². The summed E-state index contributed by atoms with van der Waals surface area (Å²) in [5, 5.41) is 1.02. The number of nitrogens with zero attached hydrogens (tertiary/aromatic N) is 1. The fourth-order valence-corrected chi connectivity index (χ4v) is 4.12. The van der Waals surface area contributed by atoms with Crippen LogP contribution in [0.1, 0.15) is 45.1 Å². The Balaban J connectivity index is 1.73. The minimum Gasteiger partial charge on any atom is -0.493 e. The van der Waals surface area contributed by atoms with Gasteiger partial charge in [-0.1, -0.05) is 43.2 Å². The molecule has 0 aliphatic carbocycles. The first kappa shape index (κ1) is 20.3. The van der Waals surface area contributed by atoms with Crippen LogP contribution >= 0.6 is 0 Å². The van der Waals surface area contributed by atoms with Crippen molar-refractivity contribution in [3.05, 3.63) is 60.4 Å². The van der Waals surface area contributed by atoms with E-state index in [0.29, 0.717) is 6.61 Å². The van der Waals surface area contributed by atoms with E-state index >= 15 is 0 Å². The van der Waals surface area contributed by atoms with Gasteiger partial charge in [-0.2, -0.15) is 0 Å². The van der Waals surface area contributed by atoms with Crippen molar-refractivity contribution < 1.29 is 13.9 Å². The number of fused-ring (bicyclic) bond motifs is 1. The number of rotatable bonds is 5. The molecule has 1 aromatic heterocycles. The molecule has 3 aromatic rings. The molecule has 4 heteroatoms. The van der Waals surface area contributed by atoms with Crippen molar-refractivity contribution in [1.29, 1.82) is 0 Å². The van der Waals surface area contributed by atoms with E-state index in [1.165, 1.54) is 12.8 Å². The van der Waals surface area contributed by atoms with Gasteiger partial charge in [0.15, 0.2) is 0 Å². The molecule has 1 aliphatic heterocycles. The Morgan fingerprint density at radius 3 is 2.53 bits per heavy atom. The number of carbonyl (C=O) groups is 1. The molecule has 0 saturated carbocycles. The maximum atomic E-state index is 12.9. The molecule has 156 valence electrons. The number of benzene rings is 2. The van der Waals surface area contributed by atoms with Gasteiger partial charge in [-0.05, 0) is 43.9 Å². The van der Waals surface area contributed by atoms with Gasteiger partial charge in [-0.25, -0.2) is 0 Å². The molecule has 4 nitrogen and oxygen atoms in total. The molecule has 1 fully saturated rings. The van der Waals surface area contributed by atoms with Crippen molar-refractivity contribution >= 4 is 22.4 Å². The van der Waals surface area contributed by atoms with E-state index < -0.39 is 0 Å². The Bertz CT molecular complexity index is 1040. The zero-order chi connectivity index (χ0) is 20.9. The summed E-state index contributed by atoms with van der Waals surface area (Å²) in [7, 11) is 0. The average Bonchev–Trinajstić information content (AvgIpc) is 2.97. The highest BCUT2D eigenvalue weighted by molar-refractivity contribution is 6.00. The first-order valence-corrected chi connectivity index (χ1v) is 10.9. The number of furan rings is 1. The lowest BCUT2D eigenvalue weighted by atomic mass is 9.99. The van der Waals surface area contributed by atoms with Crippen LogP contribution in [0.3, 0.4) is 0 Å². The zero-order valence-electron chi connectivity index (χ0n) is 17.8. The van der Waals surface area contributed by atoms with E-state index in [4.69, 9.17) is 9.15 Å². The van der Waals surface area contributed by atoms with Gasteiger partial charge in [0.25, 0.3) is 0 Å². The SMILES string of the molecule is CCOc1cc2occ(-c3ccccc3)c2cc1/C(C)=C/C(=O)N1CCCCCC1. The first-order chi connectivity index (χ1) is 14.7. The summed E-state index contributed by atoms with van der Waals surface area (Å²) in [6.45, 7) is 6.20. The summed E-state index contributed by atoms with van der Waals surface area (Å²) in [5.74, 6) is 0.837. The molecule has 2 aromatic carbocycles. The molecule has 4 rings (SSSR count). The Labute approximate surface area is 178 Å². The molecule has 1 saturated heterocycles. The van der Waals surface area contributed by atoms with Crippen molar-refractivity contribution in [1.82, 2.24) is 4.90 Å². The van der Waals surface area contributed by atoms with Crippen LogP contribution in [0.4, 0.5) is 0 Å². The normalized spacial score (nSPS) is 15.3. The Hall–Kier alpha value is -3.01. The summed E-state index contributed by atoms with van der Waals surface area (Å²) in [4.78, 5) is 14.9. The highest BCUT2D eigenvalue weighted by Crippen LogP contribution is 2.37. The number of hydrogen-bond acceptors (Lipinski definition) is 3. The topological polar surface area (TPSA) is 42.7 Å². The van der Waals surface area contributed by atoms with Crippen molar-refractivity contribution in [3.8, 4) is 16.9 Å². The molecule has 1 aliphatic rings. The summed E-state index contributed by atoms with van der Waals surface area (Å²) < 4.78 is 11.7. The summed E-state index contributed by atoms with van der Waals surface area (Å²) in [6, 6.07) is 14.2. The summed E-state index contributed by atoms with van der Waals surface area (Å²) >= 11 is 0. The lowest BCUT2D eigenvalue weighted by Crippen LogP contribution is -2.30. The molecule has 0 spiro atoms. The van der Waals surface area contributed by atoms with Crippen LogP contribution in [-0.4, -0.2) is 30.5 Å². The van der Waals surface area contributed by atoms with Crippen LogP contribution in [0, 0.1) is 0 Å². The van der Waals surface area contributed by atoms with Crippen LogP contribution in [0.25, 0.3) is 27.7 Å². The Morgan fingerprint density at radius 2 is 1.83 bits per heavy atom. The Kier molecular flexibility index (Phi) is 6.22. The smallest absolute Gasteiger partial charge is 0.246 e. The van der Waals surface area contributed by atoms with Gasteiger partial charge in [0, 0.05) is 41.7 Å². The Morgan fingerprint density at radius 1 is 1.10 bits per heavy atom. The lowest BCUT2D eigenvalue weighted by Gasteiger charge is -2.19. The average molecular weight is 404 g/mol. The molecular formula is C26H29NO3. The number of likely N-dealkylation sites (tertiary alicyclic amines) is 1. The third-order valence-electron chi connectivity index (χ3n) is 5.74. The second-order valence-electron chi connectivity index (χ2n) is 7.86. The monoisotopic (exact) mass is 403 g/mol. The first-order valence-electron chi connectivity index (χ1n) is 10.9. The van der Waals surface area contributed by atoms with Gasteiger partial charge in [-0.3, -0.25) is 4.79 Å². The summed E-state index contributed by atoms with van der Waals surface area (Å²) in [5.41, 5.74) is 4.78. The second kappa shape index (κ2) is 9.21. The third kappa shape index (κ3) is 4.28. The minimum atomic E-state index is 0.0902. The third-order valence-corrected chi connectivity index (χ3v) is 5.74. The highest BCUT2D eigenvalue weighted by Gasteiger charge is 2.17. The van der Waals surface area contributed by atoms with E-state index in [1.807, 2.05) is 43.0 Å². The van der Waals surface area contributed by atoms with Gasteiger partial charge >= 0.3 is 0 Å². The van der Waals surface area contributed by atoms with Crippen LogP contribution in [0.15, 0.2) is 59.2 Å². The van der Waals surface area contributed by atoms with Crippen molar-refractivity contribution in [2.45, 2.75) is 39.5 Å². The standard InChI is InChI=1S/C26H29NO3/c1-3-29-24-17-25-22(23(18-30-25)20-11-7-6-8-12-20)16-21(24)19(2)15-26(28)27-13-9-4-5-10-14-27/h6-8,11-12,15-18H,3-5,9-10,13-14H2,1-2H3/b19-15+. The molecular weight excluding hydrogens is 374 g/mol. The van der Waals surface area contributed by atoms with Crippen LogP contribution in [0.2, 0.25) is 0 Å². The minimum absolute atomic E-state index is 0.0902. The van der Waals surface area contributed by atoms with E-state index in [0.717, 1.165) is 64.9 Å². The van der Waals surface area contributed by atoms with Crippen molar-refractivity contribution in [2.75, 3.05) is 19.7 Å². The van der Waals surface area contributed by atoms with Crippen LogP contribution < -0.4 is 4.74 Å². The van der Waals surface area contributed by atoms with E-state index in [1.54, 1.807) is 12.3 Å². The van der Waals surface area contributed by atoms with Crippen LogP contribution in [0.5, 0.6) is 5.75 Å². The lowest BCUT2D eigenvalue weighted by molar-refractivity contribution is -0.125. The zero-order valence-corrected chi connectivity index (χ0v) is 17.8. The molecule has 0 unspecified atom stereocenters. The number of ether oxygens (including phenoxy) is 1. The highest BCUT2D eigenvalue weighted by atomic mass is 16.5. The molecule has 0 bridgehead atoms. The van der Waals surface area contributed by atoms with Gasteiger partial charge in [0.05, 0.1) is 12.9 Å². The van der Waals surface area contributed by atoms with E-state index in [9.17, 15) is 4.79 Å². The predicted octanol–water partition coefficient (Wildman–Crippen LogP) is 6.30. The number of amides is 1. The maximum absolute atomic E-state index is 12.9. The fourth-order valence-electron chi connectivity index (χ4n) is 4.12. The van der Waals surface area contributed by atoms with Crippen molar-refractivity contribution in [3.63, 3.8) is 0 Å². The number of allylic oxidation sites excluding steroid dienone is 1. The van der Waals surface area contributed by atoms with E-state index in [-0.39, 0.29) is 5.91 Å². The van der Waals surface area contributed by atoms with E-state index in [2.05, 4.69) is 18.2 Å². The molecule has 30 heavy (non-hydrogen) atoms. The largest absolute Gasteiger partial charge is 0.493 e. The quantitative estimate of drug-likeness (QED) is 0.469. The molecule has 0 radical (unpaired) electrons. The molecule has 0 N–H and O–H groups in total. The van der Waals surface area contributed by atoms with Gasteiger partial charge in [-0.15, -0.1) is 0 Å².